The van der Waals surface area contributed by atoms with E-state index in [1.165, 1.54) is 0 Å². The predicted octanol–water partition coefficient (Wildman–Crippen LogP) is 1.54. The van der Waals surface area contributed by atoms with Crippen LogP contribution in [0, 0.1) is 0 Å². The Hall–Kier alpha value is -1.75. The number of halogens is 1. The summed E-state index contributed by atoms with van der Waals surface area (Å²) in [5.41, 5.74) is 12.5. The summed E-state index contributed by atoms with van der Waals surface area (Å²) in [6, 6.07) is 5.46. The molecule has 1 aromatic heterocycles. The first-order chi connectivity index (χ1) is 8.09. The molecule has 0 aliphatic rings. The Balaban J connectivity index is 2.32. The number of hydrogen-bond donors (Lipinski definition) is 2. The molecule has 4 N–H and O–H groups in total. The number of nitrogens with zero attached hydrogens (tertiary/aromatic N) is 2. The minimum Gasteiger partial charge on any atom is -0.370 e. The van der Waals surface area contributed by atoms with Gasteiger partial charge in [-0.25, -0.2) is 4.98 Å². The highest BCUT2D eigenvalue weighted by atomic mass is 35.5. The highest BCUT2D eigenvalue weighted by Crippen LogP contribution is 2.25. The number of primary amides is 1. The van der Waals surface area contributed by atoms with Crippen molar-refractivity contribution in [3.63, 3.8) is 0 Å². The summed E-state index contributed by atoms with van der Waals surface area (Å²) >= 11 is 6.11. The van der Waals surface area contributed by atoms with E-state index in [-0.39, 0.29) is 5.91 Å². The topological polar surface area (TPSA) is 86.9 Å². The molecule has 2 rings (SSSR count). The molecule has 17 heavy (non-hydrogen) atoms. The molecule has 0 spiro atoms. The van der Waals surface area contributed by atoms with E-state index in [9.17, 15) is 4.79 Å². The fourth-order valence-electron chi connectivity index (χ4n) is 1.80. The van der Waals surface area contributed by atoms with Crippen LogP contribution in [0.5, 0.6) is 0 Å². The fraction of sp³-hybridized carbons (Fsp3) is 0.273. The first-order valence-electron chi connectivity index (χ1n) is 5.28. The number of rotatable bonds is 4. The summed E-state index contributed by atoms with van der Waals surface area (Å²) in [6.45, 7) is 0.578. The summed E-state index contributed by atoms with van der Waals surface area (Å²) in [4.78, 5) is 14.9. The first-order valence-corrected chi connectivity index (χ1v) is 5.66. The molecule has 2 aromatic rings. The van der Waals surface area contributed by atoms with Gasteiger partial charge in [0.05, 0.1) is 16.1 Å². The van der Waals surface area contributed by atoms with Crippen molar-refractivity contribution in [1.82, 2.24) is 9.55 Å². The zero-order valence-electron chi connectivity index (χ0n) is 9.19. The number of benzene rings is 1. The van der Waals surface area contributed by atoms with Gasteiger partial charge in [-0.1, -0.05) is 17.7 Å². The van der Waals surface area contributed by atoms with Crippen LogP contribution >= 0.6 is 11.6 Å². The van der Waals surface area contributed by atoms with Gasteiger partial charge >= 0.3 is 0 Å². The quantitative estimate of drug-likeness (QED) is 0.865. The van der Waals surface area contributed by atoms with Gasteiger partial charge in [0.1, 0.15) is 0 Å². The maximum atomic E-state index is 10.7. The Kier molecular flexibility index (Phi) is 3.19. The lowest BCUT2D eigenvalue weighted by molar-refractivity contribution is -0.118. The van der Waals surface area contributed by atoms with E-state index < -0.39 is 0 Å². The largest absolute Gasteiger partial charge is 0.370 e. The number of nitrogen functional groups attached to an aromatic ring is 1. The van der Waals surface area contributed by atoms with E-state index in [2.05, 4.69) is 4.98 Å². The maximum absolute atomic E-state index is 10.7. The van der Waals surface area contributed by atoms with Crippen molar-refractivity contribution in [2.45, 2.75) is 19.4 Å². The average molecular weight is 253 g/mol. The number of aryl methyl sites for hydroxylation is 1. The number of hydrogen-bond acceptors (Lipinski definition) is 3. The summed E-state index contributed by atoms with van der Waals surface area (Å²) < 4.78 is 1.81. The second kappa shape index (κ2) is 4.63. The molecule has 0 aliphatic carbocycles. The van der Waals surface area contributed by atoms with Crippen LogP contribution in [0.2, 0.25) is 5.02 Å². The van der Waals surface area contributed by atoms with Crippen molar-refractivity contribution in [1.29, 1.82) is 0 Å². The van der Waals surface area contributed by atoms with Crippen molar-refractivity contribution in [3.05, 3.63) is 23.2 Å². The van der Waals surface area contributed by atoms with Crippen molar-refractivity contribution >= 4 is 34.5 Å². The van der Waals surface area contributed by atoms with Crippen LogP contribution in [-0.4, -0.2) is 15.5 Å². The van der Waals surface area contributed by atoms with Crippen LogP contribution in [0.25, 0.3) is 11.0 Å². The van der Waals surface area contributed by atoms with Crippen molar-refractivity contribution in [2.75, 3.05) is 5.73 Å². The monoisotopic (exact) mass is 252 g/mol. The van der Waals surface area contributed by atoms with Crippen LogP contribution in [0.15, 0.2) is 18.2 Å². The Labute approximate surface area is 103 Å². The number of nitrogens with two attached hydrogens (primary N) is 2. The number of aromatic nitrogens is 2. The molecular formula is C11H13ClN4O. The van der Waals surface area contributed by atoms with E-state index in [4.69, 9.17) is 23.1 Å². The maximum Gasteiger partial charge on any atom is 0.217 e. The molecule has 1 heterocycles. The number of amides is 1. The molecular weight excluding hydrogens is 240 g/mol. The molecule has 5 nitrogen and oxygen atoms in total. The zero-order valence-corrected chi connectivity index (χ0v) is 9.94. The molecule has 90 valence electrons. The molecule has 0 atom stereocenters. The summed E-state index contributed by atoms with van der Waals surface area (Å²) in [5.74, 6) is 0.0802. The summed E-state index contributed by atoms with van der Waals surface area (Å²) in [7, 11) is 0. The summed E-state index contributed by atoms with van der Waals surface area (Å²) in [5, 5.41) is 0.603. The fourth-order valence-corrected chi connectivity index (χ4v) is 2.07. The van der Waals surface area contributed by atoms with Gasteiger partial charge in [0.25, 0.3) is 0 Å². The van der Waals surface area contributed by atoms with E-state index in [1.54, 1.807) is 10.6 Å². The van der Waals surface area contributed by atoms with E-state index in [0.29, 0.717) is 30.4 Å². The number of fused-ring (bicyclic) bond motifs is 1. The predicted molar refractivity (Wildman–Crippen MR) is 67.6 cm³/mol. The molecule has 1 amide bonds. The van der Waals surface area contributed by atoms with E-state index in [0.717, 1.165) is 11.0 Å². The lowest BCUT2D eigenvalue weighted by atomic mass is 10.3. The van der Waals surface area contributed by atoms with Crippen molar-refractivity contribution in [2.24, 2.45) is 5.73 Å². The highest BCUT2D eigenvalue weighted by molar-refractivity contribution is 6.35. The molecule has 1 aromatic carbocycles. The second-order valence-corrected chi connectivity index (χ2v) is 4.21. The molecule has 0 fully saturated rings. The smallest absolute Gasteiger partial charge is 0.217 e. The molecule has 6 heteroatoms. The molecule has 0 aliphatic heterocycles. The first kappa shape index (κ1) is 11.7. The highest BCUT2D eigenvalue weighted by Gasteiger charge is 2.10. The number of anilines is 1. The molecule has 0 saturated carbocycles. The minimum absolute atomic E-state index is 0.320. The number of para-hydroxylation sites is 1. The van der Waals surface area contributed by atoms with Crippen LogP contribution in [0.3, 0.4) is 0 Å². The van der Waals surface area contributed by atoms with Gasteiger partial charge in [-0.05, 0) is 18.6 Å². The average Bonchev–Trinajstić information content (AvgIpc) is 2.56. The third-order valence-electron chi connectivity index (χ3n) is 2.55. The number of carbonyl (C=O) groups excluding carboxylic acids is 1. The standard InChI is InChI=1S/C11H13ClN4O/c12-7-3-1-4-8-10(7)16(11(14)15-8)6-2-5-9(13)17/h1,3-4H,2,5-6H2,(H2,13,17)(H2,14,15). The van der Waals surface area contributed by atoms with Crippen molar-refractivity contribution < 1.29 is 4.79 Å². The van der Waals surface area contributed by atoms with Gasteiger partial charge in [-0.3, -0.25) is 4.79 Å². The van der Waals surface area contributed by atoms with Crippen LogP contribution in [-0.2, 0) is 11.3 Å². The lowest BCUT2D eigenvalue weighted by Gasteiger charge is -2.06. The number of imidazole rings is 1. The Morgan fingerprint density at radius 3 is 2.94 bits per heavy atom. The zero-order chi connectivity index (χ0) is 12.4. The Morgan fingerprint density at radius 1 is 1.47 bits per heavy atom. The molecule has 0 radical (unpaired) electrons. The number of carbonyl (C=O) groups is 1. The Morgan fingerprint density at radius 2 is 2.24 bits per heavy atom. The van der Waals surface area contributed by atoms with Crippen molar-refractivity contribution in [3.8, 4) is 0 Å². The van der Waals surface area contributed by atoms with E-state index in [1.807, 2.05) is 12.1 Å². The minimum atomic E-state index is -0.320. The molecule has 0 bridgehead atoms. The van der Waals surface area contributed by atoms with Gasteiger partial charge in [0.15, 0.2) is 0 Å². The van der Waals surface area contributed by atoms with Gasteiger partial charge < -0.3 is 16.0 Å². The lowest BCUT2D eigenvalue weighted by Crippen LogP contribution is -2.12. The summed E-state index contributed by atoms with van der Waals surface area (Å²) in [6.07, 6.45) is 0.944. The molecule has 0 unspecified atom stereocenters. The van der Waals surface area contributed by atoms with Crippen LogP contribution in [0.4, 0.5) is 5.95 Å². The normalized spacial score (nSPS) is 10.9. The van der Waals surface area contributed by atoms with Crippen LogP contribution < -0.4 is 11.5 Å². The van der Waals surface area contributed by atoms with Gasteiger partial charge in [-0.15, -0.1) is 0 Å². The third kappa shape index (κ3) is 2.34. The second-order valence-electron chi connectivity index (χ2n) is 3.80. The van der Waals surface area contributed by atoms with Gasteiger partial charge in [-0.2, -0.15) is 0 Å². The molecule has 0 saturated heterocycles. The van der Waals surface area contributed by atoms with Gasteiger partial charge in [0, 0.05) is 13.0 Å². The Bertz CT molecular complexity index is 564. The van der Waals surface area contributed by atoms with Crippen LogP contribution in [0.1, 0.15) is 12.8 Å². The third-order valence-corrected chi connectivity index (χ3v) is 2.86. The van der Waals surface area contributed by atoms with E-state index >= 15 is 0 Å². The van der Waals surface area contributed by atoms with Gasteiger partial charge in [0.2, 0.25) is 11.9 Å². The SMILES string of the molecule is NC(=O)CCCn1c(N)nc2cccc(Cl)c21.